The molecule has 1 fully saturated rings. The quantitative estimate of drug-likeness (QED) is 0.433. The summed E-state index contributed by atoms with van der Waals surface area (Å²) in [6.07, 6.45) is 0. The van der Waals surface area contributed by atoms with Gasteiger partial charge in [0.25, 0.3) is 5.91 Å². The number of halogens is 2. The van der Waals surface area contributed by atoms with Gasteiger partial charge in [-0.05, 0) is 29.3 Å². The van der Waals surface area contributed by atoms with E-state index in [-0.39, 0.29) is 11.4 Å². The molecule has 0 spiro atoms. The molecule has 0 aliphatic carbocycles. The van der Waals surface area contributed by atoms with Crippen LogP contribution in [0.25, 0.3) is 21.3 Å². The van der Waals surface area contributed by atoms with E-state index in [1.165, 1.54) is 17.4 Å². The van der Waals surface area contributed by atoms with Gasteiger partial charge in [0.15, 0.2) is 10.9 Å². The van der Waals surface area contributed by atoms with E-state index in [0.29, 0.717) is 21.9 Å². The number of hydrogen-bond acceptors (Lipinski definition) is 5. The van der Waals surface area contributed by atoms with Crippen LogP contribution in [-0.4, -0.2) is 55.1 Å². The number of aromatic nitrogens is 1. The third-order valence-corrected chi connectivity index (χ3v) is 7.08. The summed E-state index contributed by atoms with van der Waals surface area (Å²) in [6.45, 7) is 4.44. The van der Waals surface area contributed by atoms with Crippen LogP contribution in [0.3, 0.4) is 0 Å². The molecule has 3 aromatic carbocycles. The van der Waals surface area contributed by atoms with Gasteiger partial charge in [0.2, 0.25) is 0 Å². The zero-order chi connectivity index (χ0) is 23.5. The SMILES string of the molecule is O=C(NCCN1CCN(c2nc3c(F)cc(F)cc3s2)CC1)c1ccc(-c2ccccc2)cc1. The molecule has 5 rings (SSSR count). The van der Waals surface area contributed by atoms with Crippen molar-refractivity contribution in [2.75, 3.05) is 44.2 Å². The lowest BCUT2D eigenvalue weighted by molar-refractivity contribution is 0.0948. The lowest BCUT2D eigenvalue weighted by Crippen LogP contribution is -2.48. The average Bonchev–Trinajstić information content (AvgIpc) is 3.29. The van der Waals surface area contributed by atoms with Crippen LogP contribution in [0.1, 0.15) is 10.4 Å². The number of carbonyl (C=O) groups is 1. The third-order valence-electron chi connectivity index (χ3n) is 6.01. The number of thiazole rings is 1. The number of anilines is 1. The van der Waals surface area contributed by atoms with E-state index in [1.54, 1.807) is 0 Å². The fourth-order valence-corrected chi connectivity index (χ4v) is 5.17. The van der Waals surface area contributed by atoms with Crippen LogP contribution >= 0.6 is 11.3 Å². The topological polar surface area (TPSA) is 48.5 Å². The molecule has 4 aromatic rings. The van der Waals surface area contributed by atoms with Gasteiger partial charge in [0, 0.05) is 50.9 Å². The predicted octanol–water partition coefficient (Wildman–Crippen LogP) is 4.79. The van der Waals surface area contributed by atoms with Crippen molar-refractivity contribution in [2.24, 2.45) is 0 Å². The molecule has 0 radical (unpaired) electrons. The molecular weight excluding hydrogens is 454 g/mol. The number of nitrogens with one attached hydrogen (secondary N) is 1. The normalized spacial score (nSPS) is 14.5. The standard InChI is InChI=1S/C26H24F2N4OS/c27-21-16-22(28)24-23(17-21)34-26(30-24)32-14-12-31(13-15-32)11-10-29-25(33)20-8-6-19(7-9-20)18-4-2-1-3-5-18/h1-9,16-17H,10-15H2,(H,29,33). The number of rotatable bonds is 6. The lowest BCUT2D eigenvalue weighted by atomic mass is 10.0. The number of piperazine rings is 1. The Morgan fingerprint density at radius 3 is 2.38 bits per heavy atom. The molecule has 0 unspecified atom stereocenters. The van der Waals surface area contributed by atoms with E-state index < -0.39 is 11.6 Å². The maximum absolute atomic E-state index is 14.0. The molecule has 1 aromatic heterocycles. The molecule has 174 valence electrons. The van der Waals surface area contributed by atoms with Crippen LogP contribution in [-0.2, 0) is 0 Å². The summed E-state index contributed by atoms with van der Waals surface area (Å²) in [7, 11) is 0. The second-order valence-corrected chi connectivity index (χ2v) is 9.27. The van der Waals surface area contributed by atoms with Crippen molar-refractivity contribution < 1.29 is 13.6 Å². The van der Waals surface area contributed by atoms with Gasteiger partial charge in [-0.25, -0.2) is 13.8 Å². The molecule has 5 nitrogen and oxygen atoms in total. The Morgan fingerprint density at radius 1 is 0.941 bits per heavy atom. The summed E-state index contributed by atoms with van der Waals surface area (Å²) in [5.74, 6) is -1.29. The van der Waals surface area contributed by atoms with Crippen molar-refractivity contribution in [3.8, 4) is 11.1 Å². The Balaban J connectivity index is 1.09. The van der Waals surface area contributed by atoms with Crippen molar-refractivity contribution in [2.45, 2.75) is 0 Å². The molecule has 1 aliphatic rings. The molecule has 34 heavy (non-hydrogen) atoms. The van der Waals surface area contributed by atoms with Gasteiger partial charge in [0.05, 0.1) is 4.70 Å². The first-order valence-electron chi connectivity index (χ1n) is 11.2. The lowest BCUT2D eigenvalue weighted by Gasteiger charge is -2.34. The van der Waals surface area contributed by atoms with Crippen molar-refractivity contribution in [1.82, 2.24) is 15.2 Å². The molecule has 0 bridgehead atoms. The maximum atomic E-state index is 14.0. The highest BCUT2D eigenvalue weighted by Gasteiger charge is 2.21. The zero-order valence-electron chi connectivity index (χ0n) is 18.5. The molecule has 0 atom stereocenters. The Hall–Kier alpha value is -3.36. The van der Waals surface area contributed by atoms with Gasteiger partial charge in [0.1, 0.15) is 11.3 Å². The number of carbonyl (C=O) groups excluding carboxylic acids is 1. The Kier molecular flexibility index (Phi) is 6.51. The molecule has 1 amide bonds. The highest BCUT2D eigenvalue weighted by Crippen LogP contribution is 2.31. The van der Waals surface area contributed by atoms with Gasteiger partial charge in [-0.1, -0.05) is 53.8 Å². The smallest absolute Gasteiger partial charge is 0.251 e. The first-order valence-corrected chi connectivity index (χ1v) is 12.0. The van der Waals surface area contributed by atoms with Crippen molar-refractivity contribution in [1.29, 1.82) is 0 Å². The minimum atomic E-state index is -0.624. The maximum Gasteiger partial charge on any atom is 0.251 e. The summed E-state index contributed by atoms with van der Waals surface area (Å²) in [5.41, 5.74) is 3.07. The average molecular weight is 479 g/mol. The second-order valence-electron chi connectivity index (χ2n) is 8.26. The van der Waals surface area contributed by atoms with Gasteiger partial charge in [-0.15, -0.1) is 0 Å². The fourth-order valence-electron chi connectivity index (χ4n) is 4.12. The van der Waals surface area contributed by atoms with E-state index in [9.17, 15) is 13.6 Å². The van der Waals surface area contributed by atoms with Crippen LogP contribution in [0.15, 0.2) is 66.7 Å². The second kappa shape index (κ2) is 9.87. The Labute approximate surface area is 200 Å². The molecule has 2 heterocycles. The molecule has 1 N–H and O–H groups in total. The summed E-state index contributed by atoms with van der Waals surface area (Å²) in [6, 6.07) is 19.9. The summed E-state index contributed by atoms with van der Waals surface area (Å²) in [5, 5.41) is 3.71. The number of amides is 1. The van der Waals surface area contributed by atoms with Gasteiger partial charge < -0.3 is 10.2 Å². The van der Waals surface area contributed by atoms with E-state index in [1.807, 2.05) is 54.6 Å². The molecule has 1 saturated heterocycles. The summed E-state index contributed by atoms with van der Waals surface area (Å²) in [4.78, 5) is 21.3. The minimum absolute atomic E-state index is 0.0815. The van der Waals surface area contributed by atoms with Gasteiger partial charge in [-0.2, -0.15) is 0 Å². The summed E-state index contributed by atoms with van der Waals surface area (Å²) < 4.78 is 27.9. The number of nitrogens with zero attached hydrogens (tertiary/aromatic N) is 3. The zero-order valence-corrected chi connectivity index (χ0v) is 19.3. The largest absolute Gasteiger partial charge is 0.351 e. The minimum Gasteiger partial charge on any atom is -0.351 e. The fraction of sp³-hybridized carbons (Fsp3) is 0.231. The Bertz CT molecular complexity index is 1290. The van der Waals surface area contributed by atoms with Crippen LogP contribution in [0.2, 0.25) is 0 Å². The van der Waals surface area contributed by atoms with Gasteiger partial charge >= 0.3 is 0 Å². The number of benzene rings is 3. The van der Waals surface area contributed by atoms with E-state index in [2.05, 4.69) is 20.1 Å². The van der Waals surface area contributed by atoms with Crippen molar-refractivity contribution in [3.63, 3.8) is 0 Å². The van der Waals surface area contributed by atoms with Crippen molar-refractivity contribution >= 4 is 32.6 Å². The number of fused-ring (bicyclic) bond motifs is 1. The monoisotopic (exact) mass is 478 g/mol. The van der Waals surface area contributed by atoms with E-state index in [4.69, 9.17) is 0 Å². The molecule has 8 heteroatoms. The molecule has 0 saturated carbocycles. The van der Waals surface area contributed by atoms with E-state index in [0.717, 1.165) is 49.9 Å². The van der Waals surface area contributed by atoms with Crippen molar-refractivity contribution in [3.05, 3.63) is 83.9 Å². The highest BCUT2D eigenvalue weighted by molar-refractivity contribution is 7.22. The first-order chi connectivity index (χ1) is 16.6. The van der Waals surface area contributed by atoms with Crippen LogP contribution in [0.4, 0.5) is 13.9 Å². The third kappa shape index (κ3) is 4.93. The highest BCUT2D eigenvalue weighted by atomic mass is 32.1. The first kappa shape index (κ1) is 22.4. The van der Waals surface area contributed by atoms with Crippen LogP contribution in [0, 0.1) is 11.6 Å². The molecule has 1 aliphatic heterocycles. The predicted molar refractivity (Wildman–Crippen MR) is 132 cm³/mol. The van der Waals surface area contributed by atoms with Crippen LogP contribution < -0.4 is 10.2 Å². The van der Waals surface area contributed by atoms with Gasteiger partial charge in [-0.3, -0.25) is 9.69 Å². The van der Waals surface area contributed by atoms with Crippen LogP contribution in [0.5, 0.6) is 0 Å². The molecular formula is C26H24F2N4OS. The Morgan fingerprint density at radius 2 is 1.65 bits per heavy atom. The number of hydrogen-bond donors (Lipinski definition) is 1. The van der Waals surface area contributed by atoms with E-state index >= 15 is 0 Å². The summed E-state index contributed by atoms with van der Waals surface area (Å²) >= 11 is 1.31.